The van der Waals surface area contributed by atoms with E-state index >= 15 is 0 Å². The fourth-order valence-corrected chi connectivity index (χ4v) is 3.17. The number of methoxy groups -OCH3 is 1. The van der Waals surface area contributed by atoms with E-state index in [0.29, 0.717) is 12.4 Å². The van der Waals surface area contributed by atoms with Gasteiger partial charge in [-0.15, -0.1) is 0 Å². The molecule has 0 aliphatic heterocycles. The highest BCUT2D eigenvalue weighted by Gasteiger charge is 2.24. The van der Waals surface area contributed by atoms with Crippen molar-refractivity contribution in [1.29, 1.82) is 0 Å². The van der Waals surface area contributed by atoms with E-state index in [9.17, 15) is 9.59 Å². The molecule has 0 atom stereocenters. The average Bonchev–Trinajstić information content (AvgIpc) is 3.30. The van der Waals surface area contributed by atoms with Crippen molar-refractivity contribution < 1.29 is 14.3 Å². The highest BCUT2D eigenvalue weighted by Crippen LogP contribution is 2.26. The molecule has 26 heavy (non-hydrogen) atoms. The van der Waals surface area contributed by atoms with Gasteiger partial charge in [-0.3, -0.25) is 14.3 Å². The molecule has 2 amide bonds. The molecule has 3 rings (SSSR count). The summed E-state index contributed by atoms with van der Waals surface area (Å²) in [5, 5.41) is 9.92. The fourth-order valence-electron chi connectivity index (χ4n) is 3.17. The molecule has 7 heteroatoms. The van der Waals surface area contributed by atoms with Gasteiger partial charge in [-0.25, -0.2) is 0 Å². The maximum absolute atomic E-state index is 12.3. The Labute approximate surface area is 152 Å². The maximum Gasteiger partial charge on any atom is 0.272 e. The number of carbonyl (C=O) groups is 2. The number of ether oxygens (including phenoxy) is 1. The van der Waals surface area contributed by atoms with E-state index in [-0.39, 0.29) is 23.4 Å². The summed E-state index contributed by atoms with van der Waals surface area (Å²) < 4.78 is 6.70. The van der Waals surface area contributed by atoms with Gasteiger partial charge in [0.1, 0.15) is 11.6 Å². The molecule has 2 aromatic rings. The number of hydrogen-bond acceptors (Lipinski definition) is 4. The van der Waals surface area contributed by atoms with Gasteiger partial charge in [0.2, 0.25) is 5.91 Å². The van der Waals surface area contributed by atoms with Gasteiger partial charge < -0.3 is 15.4 Å². The van der Waals surface area contributed by atoms with Crippen LogP contribution in [0.25, 0.3) is 0 Å². The average molecular weight is 356 g/mol. The normalized spacial score (nSPS) is 14.2. The summed E-state index contributed by atoms with van der Waals surface area (Å²) in [4.78, 5) is 24.6. The quantitative estimate of drug-likeness (QED) is 0.833. The number of rotatable bonds is 6. The zero-order chi connectivity index (χ0) is 18.5. The van der Waals surface area contributed by atoms with E-state index in [1.807, 2.05) is 24.3 Å². The lowest BCUT2D eigenvalue weighted by atomic mass is 10.1. The van der Waals surface area contributed by atoms with Crippen molar-refractivity contribution in [2.45, 2.75) is 32.2 Å². The van der Waals surface area contributed by atoms with E-state index in [4.69, 9.17) is 4.74 Å². The van der Waals surface area contributed by atoms with Gasteiger partial charge >= 0.3 is 0 Å². The Bertz CT molecular complexity index is 794. The van der Waals surface area contributed by atoms with E-state index in [2.05, 4.69) is 15.7 Å². The zero-order valence-electron chi connectivity index (χ0n) is 15.1. The van der Waals surface area contributed by atoms with Crippen LogP contribution in [0.5, 0.6) is 5.75 Å². The topological polar surface area (TPSA) is 85.3 Å². The summed E-state index contributed by atoms with van der Waals surface area (Å²) in [6, 6.07) is 9.11. The van der Waals surface area contributed by atoms with Crippen LogP contribution in [0.2, 0.25) is 0 Å². The van der Waals surface area contributed by atoms with Crippen LogP contribution in [0.3, 0.4) is 0 Å². The molecule has 0 saturated heterocycles. The second-order valence-electron chi connectivity index (χ2n) is 6.54. The van der Waals surface area contributed by atoms with Crippen LogP contribution in [-0.4, -0.2) is 28.7 Å². The molecule has 1 aromatic carbocycles. The first kappa shape index (κ1) is 18.0. The summed E-state index contributed by atoms with van der Waals surface area (Å²) in [5.41, 5.74) is 1.21. The maximum atomic E-state index is 12.3. The van der Waals surface area contributed by atoms with Crippen molar-refractivity contribution in [1.82, 2.24) is 15.1 Å². The van der Waals surface area contributed by atoms with E-state index in [1.165, 1.54) is 4.68 Å². The highest BCUT2D eigenvalue weighted by atomic mass is 16.5. The number of nitrogens with zero attached hydrogens (tertiary/aromatic N) is 2. The molecular formula is C19H24N4O3. The SMILES string of the molecule is COc1cccc(CNC(=O)c2cc(NC(=O)C3CCCC3)n(C)n2)c1. The van der Waals surface area contributed by atoms with Gasteiger partial charge in [0.05, 0.1) is 7.11 Å². The third kappa shape index (κ3) is 4.22. The Kier molecular flexibility index (Phi) is 5.55. The smallest absolute Gasteiger partial charge is 0.272 e. The Morgan fingerprint density at radius 2 is 2.04 bits per heavy atom. The molecule has 1 aromatic heterocycles. The molecule has 0 unspecified atom stereocenters. The molecule has 7 nitrogen and oxygen atoms in total. The Morgan fingerprint density at radius 1 is 1.27 bits per heavy atom. The molecule has 1 aliphatic carbocycles. The van der Waals surface area contributed by atoms with Crippen molar-refractivity contribution in [3.63, 3.8) is 0 Å². The minimum atomic E-state index is -0.287. The van der Waals surface area contributed by atoms with Gasteiger partial charge in [-0.2, -0.15) is 5.10 Å². The third-order valence-electron chi connectivity index (χ3n) is 4.68. The Balaban J connectivity index is 1.60. The number of nitrogens with one attached hydrogen (secondary N) is 2. The van der Waals surface area contributed by atoms with Crippen LogP contribution < -0.4 is 15.4 Å². The number of aromatic nitrogens is 2. The second-order valence-corrected chi connectivity index (χ2v) is 6.54. The van der Waals surface area contributed by atoms with Crippen molar-refractivity contribution >= 4 is 17.6 Å². The number of carbonyl (C=O) groups excluding carboxylic acids is 2. The summed E-state index contributed by atoms with van der Waals surface area (Å²) in [7, 11) is 3.32. The number of benzene rings is 1. The monoisotopic (exact) mass is 356 g/mol. The van der Waals surface area contributed by atoms with Gasteiger partial charge in [0.25, 0.3) is 5.91 Å². The standard InChI is InChI=1S/C19H24N4O3/c1-23-17(21-18(24)14-7-3-4-8-14)11-16(22-23)19(25)20-12-13-6-5-9-15(10-13)26-2/h5-6,9-11,14H,3-4,7-8,12H2,1-2H3,(H,20,25)(H,21,24). The molecule has 138 valence electrons. The molecule has 0 radical (unpaired) electrons. The van der Waals surface area contributed by atoms with Crippen LogP contribution in [0, 0.1) is 5.92 Å². The summed E-state index contributed by atoms with van der Waals surface area (Å²) in [5.74, 6) is 1.06. The fraction of sp³-hybridized carbons (Fsp3) is 0.421. The lowest BCUT2D eigenvalue weighted by Crippen LogP contribution is -2.23. The van der Waals surface area contributed by atoms with Crippen LogP contribution >= 0.6 is 0 Å². The number of hydrogen-bond donors (Lipinski definition) is 2. The van der Waals surface area contributed by atoms with Crippen LogP contribution in [-0.2, 0) is 18.4 Å². The molecule has 1 aliphatic rings. The van der Waals surface area contributed by atoms with E-state index in [0.717, 1.165) is 37.0 Å². The number of amides is 2. The molecule has 0 spiro atoms. The van der Waals surface area contributed by atoms with Crippen LogP contribution in [0.15, 0.2) is 30.3 Å². The summed E-state index contributed by atoms with van der Waals surface area (Å²) >= 11 is 0. The number of aryl methyl sites for hydroxylation is 1. The van der Waals surface area contributed by atoms with Crippen LogP contribution in [0.4, 0.5) is 5.82 Å². The third-order valence-corrected chi connectivity index (χ3v) is 4.68. The lowest BCUT2D eigenvalue weighted by molar-refractivity contribution is -0.119. The Hall–Kier alpha value is -2.83. The lowest BCUT2D eigenvalue weighted by Gasteiger charge is -2.09. The predicted octanol–water partition coefficient (Wildman–Crippen LogP) is 2.49. The largest absolute Gasteiger partial charge is 0.497 e. The molecular weight excluding hydrogens is 332 g/mol. The number of anilines is 1. The van der Waals surface area contributed by atoms with Crippen molar-refractivity contribution in [3.05, 3.63) is 41.6 Å². The van der Waals surface area contributed by atoms with Gasteiger partial charge in [-0.1, -0.05) is 25.0 Å². The minimum absolute atomic E-state index is 0.00818. The summed E-state index contributed by atoms with van der Waals surface area (Å²) in [6.45, 7) is 0.371. The van der Waals surface area contributed by atoms with Gasteiger partial charge in [-0.05, 0) is 30.5 Å². The molecule has 0 bridgehead atoms. The first-order chi connectivity index (χ1) is 12.6. The summed E-state index contributed by atoms with van der Waals surface area (Å²) in [6.07, 6.45) is 4.05. The van der Waals surface area contributed by atoms with Crippen LogP contribution in [0.1, 0.15) is 41.7 Å². The van der Waals surface area contributed by atoms with Crippen molar-refractivity contribution in [3.8, 4) is 5.75 Å². The highest BCUT2D eigenvalue weighted by molar-refractivity contribution is 5.96. The first-order valence-corrected chi connectivity index (χ1v) is 8.83. The van der Waals surface area contributed by atoms with E-state index in [1.54, 1.807) is 20.2 Å². The molecule has 1 saturated carbocycles. The predicted molar refractivity (Wildman–Crippen MR) is 98.0 cm³/mol. The van der Waals surface area contributed by atoms with Crippen molar-refractivity contribution in [2.24, 2.45) is 13.0 Å². The van der Waals surface area contributed by atoms with Crippen molar-refractivity contribution in [2.75, 3.05) is 12.4 Å². The second kappa shape index (κ2) is 8.03. The molecule has 1 heterocycles. The first-order valence-electron chi connectivity index (χ1n) is 8.83. The molecule has 2 N–H and O–H groups in total. The van der Waals surface area contributed by atoms with Gasteiger partial charge in [0, 0.05) is 25.6 Å². The Morgan fingerprint density at radius 3 is 2.77 bits per heavy atom. The molecule has 1 fully saturated rings. The zero-order valence-corrected chi connectivity index (χ0v) is 15.1. The minimum Gasteiger partial charge on any atom is -0.497 e. The van der Waals surface area contributed by atoms with Gasteiger partial charge in [0.15, 0.2) is 5.69 Å². The van der Waals surface area contributed by atoms with E-state index < -0.39 is 0 Å².